The fraction of sp³-hybridized carbons (Fsp3) is 0.351. The average molecular weight is 730 g/mol. The number of alkyl halides is 3. The van der Waals surface area contributed by atoms with Crippen LogP contribution in [-0.2, 0) is 27.0 Å². The molecule has 0 aromatic heterocycles. The summed E-state index contributed by atoms with van der Waals surface area (Å²) >= 11 is 0. The van der Waals surface area contributed by atoms with Gasteiger partial charge in [-0.15, -0.1) is 0 Å². The van der Waals surface area contributed by atoms with Crippen LogP contribution in [0.3, 0.4) is 0 Å². The monoisotopic (exact) mass is 729 g/mol. The molecule has 5 rings (SSSR count). The molecule has 15 heteroatoms. The number of carbonyl (C=O) groups excluding carboxylic acids is 2. The fourth-order valence-electron chi connectivity index (χ4n) is 6.27. The van der Waals surface area contributed by atoms with Crippen molar-refractivity contribution in [2.45, 2.75) is 44.4 Å². The number of anilines is 1. The maximum atomic E-state index is 15.4. The second-order valence-corrected chi connectivity index (χ2v) is 12.2. The minimum atomic E-state index is -4.75. The first-order valence-corrected chi connectivity index (χ1v) is 16.2. The zero-order valence-electron chi connectivity index (χ0n) is 28.5. The Morgan fingerprint density at radius 1 is 1.06 bits per heavy atom. The Bertz CT molecular complexity index is 1960. The Labute approximate surface area is 296 Å². The van der Waals surface area contributed by atoms with Crippen molar-refractivity contribution >= 4 is 17.5 Å². The molecule has 276 valence electrons. The second kappa shape index (κ2) is 15.6. The van der Waals surface area contributed by atoms with Gasteiger partial charge in [0.25, 0.3) is 11.8 Å². The van der Waals surface area contributed by atoms with E-state index in [1.54, 1.807) is 6.92 Å². The Morgan fingerprint density at radius 3 is 2.52 bits per heavy atom. The summed E-state index contributed by atoms with van der Waals surface area (Å²) in [6.07, 6.45) is -3.59. The van der Waals surface area contributed by atoms with Gasteiger partial charge in [-0.3, -0.25) is 14.6 Å². The van der Waals surface area contributed by atoms with Crippen LogP contribution in [0.5, 0.6) is 11.5 Å². The lowest BCUT2D eigenvalue weighted by Gasteiger charge is -2.46. The average Bonchev–Trinajstić information content (AvgIpc) is 3.52. The number of para-hydroxylation sites is 1. The number of nitrogens with zero attached hydrogens (tertiary/aromatic N) is 2. The number of aliphatic hydroxyl groups is 2. The Kier molecular flexibility index (Phi) is 11.4. The molecular formula is C37H36F5N3O7. The van der Waals surface area contributed by atoms with Crippen molar-refractivity contribution in [2.24, 2.45) is 0 Å². The smallest absolute Gasteiger partial charge is 0.416 e. The first-order chi connectivity index (χ1) is 24.8. The maximum absolute atomic E-state index is 15.4. The molecule has 3 aromatic carbocycles. The summed E-state index contributed by atoms with van der Waals surface area (Å²) in [4.78, 5) is 28.0. The molecule has 0 aliphatic carbocycles. The molecule has 0 radical (unpaired) electrons. The Hall–Kier alpha value is -5.17. The van der Waals surface area contributed by atoms with E-state index >= 15 is 8.78 Å². The number of halogens is 5. The van der Waals surface area contributed by atoms with Crippen molar-refractivity contribution in [1.82, 2.24) is 10.0 Å². The van der Waals surface area contributed by atoms with E-state index < -0.39 is 58.6 Å². The van der Waals surface area contributed by atoms with Gasteiger partial charge in [-0.2, -0.15) is 13.2 Å². The normalized spacial score (nSPS) is 17.5. The quantitative estimate of drug-likeness (QED) is 0.0955. The number of hydrogen-bond donors (Lipinski definition) is 3. The van der Waals surface area contributed by atoms with Crippen LogP contribution in [0.4, 0.5) is 27.6 Å². The fourth-order valence-corrected chi connectivity index (χ4v) is 6.27. The van der Waals surface area contributed by atoms with Gasteiger partial charge in [0, 0.05) is 35.5 Å². The summed E-state index contributed by atoms with van der Waals surface area (Å²) in [5, 5.41) is 25.3. The summed E-state index contributed by atoms with van der Waals surface area (Å²) in [5.74, 6) is 0.0683. The number of hydrogen-bond acceptors (Lipinski definition) is 8. The summed E-state index contributed by atoms with van der Waals surface area (Å²) in [7, 11) is 2.65. The number of nitrogens with one attached hydrogen (secondary N) is 1. The standard InChI is InChI=1S/C37H36F5N3O7/c1-36-15-6-16-45(36)44(21-23-12-11-22(30(38)31(23)39)8-5-18-52-19-7-17-46)35(49)29(33(36)47)34(48)43-27-14-13-24(37(40,41)42)20-26(27)25-9-4-10-28(50-2)32(25)51-3/h4,9-14,20,46-47H,6-7,15-19,21H2,1-3H3,(H,43,48)/t36-/m1/s1. The molecule has 3 aromatic rings. The van der Waals surface area contributed by atoms with E-state index in [0.29, 0.717) is 12.8 Å². The van der Waals surface area contributed by atoms with Crippen LogP contribution in [0.2, 0.25) is 0 Å². The molecule has 0 bridgehead atoms. The van der Waals surface area contributed by atoms with Crippen LogP contribution in [-0.4, -0.2) is 78.2 Å². The minimum Gasteiger partial charge on any atom is -0.509 e. The van der Waals surface area contributed by atoms with E-state index in [2.05, 4.69) is 17.2 Å². The lowest BCUT2D eigenvalue weighted by Crippen LogP contribution is -2.60. The van der Waals surface area contributed by atoms with Gasteiger partial charge in [-0.05, 0) is 56.5 Å². The molecule has 0 spiro atoms. The van der Waals surface area contributed by atoms with E-state index in [0.717, 1.165) is 23.2 Å². The highest BCUT2D eigenvalue weighted by molar-refractivity contribution is 6.24. The topological polar surface area (TPSA) is 121 Å². The number of fused-ring (bicyclic) bond motifs is 1. The molecule has 3 N–H and O–H groups in total. The molecule has 2 aliphatic heterocycles. The summed E-state index contributed by atoms with van der Waals surface area (Å²) < 4.78 is 88.0. The number of amides is 2. The van der Waals surface area contributed by atoms with Gasteiger partial charge >= 0.3 is 6.18 Å². The molecule has 2 heterocycles. The van der Waals surface area contributed by atoms with Crippen molar-refractivity contribution in [1.29, 1.82) is 0 Å². The van der Waals surface area contributed by atoms with Crippen molar-refractivity contribution < 1.29 is 56.0 Å². The number of ether oxygens (including phenoxy) is 3. The highest BCUT2D eigenvalue weighted by Crippen LogP contribution is 2.45. The van der Waals surface area contributed by atoms with Gasteiger partial charge in [0.1, 0.15) is 17.9 Å². The third-order valence-electron chi connectivity index (χ3n) is 8.93. The van der Waals surface area contributed by atoms with Gasteiger partial charge in [0.05, 0.1) is 44.0 Å². The van der Waals surface area contributed by atoms with E-state index in [1.165, 1.54) is 49.6 Å². The third-order valence-corrected chi connectivity index (χ3v) is 8.93. The van der Waals surface area contributed by atoms with Gasteiger partial charge < -0.3 is 29.7 Å². The van der Waals surface area contributed by atoms with Gasteiger partial charge in [0.15, 0.2) is 23.1 Å². The lowest BCUT2D eigenvalue weighted by molar-refractivity contribution is -0.160. The lowest BCUT2D eigenvalue weighted by atomic mass is 9.90. The van der Waals surface area contributed by atoms with Crippen LogP contribution in [0, 0.1) is 23.5 Å². The first-order valence-electron chi connectivity index (χ1n) is 16.2. The first kappa shape index (κ1) is 38.1. The van der Waals surface area contributed by atoms with E-state index in [1.807, 2.05) is 0 Å². The Morgan fingerprint density at radius 2 is 1.83 bits per heavy atom. The highest BCUT2D eigenvalue weighted by atomic mass is 19.4. The maximum Gasteiger partial charge on any atom is 0.416 e. The number of rotatable bonds is 11. The zero-order chi connectivity index (χ0) is 37.8. The van der Waals surface area contributed by atoms with Gasteiger partial charge in [0.2, 0.25) is 0 Å². The van der Waals surface area contributed by atoms with E-state index in [9.17, 15) is 27.9 Å². The molecule has 1 saturated heterocycles. The van der Waals surface area contributed by atoms with Crippen LogP contribution < -0.4 is 14.8 Å². The summed E-state index contributed by atoms with van der Waals surface area (Å²) in [5.41, 5.74) is -3.66. The molecule has 10 nitrogen and oxygen atoms in total. The number of methoxy groups -OCH3 is 2. The van der Waals surface area contributed by atoms with Crippen molar-refractivity contribution in [3.63, 3.8) is 0 Å². The summed E-state index contributed by atoms with van der Waals surface area (Å²) in [6.45, 7) is 1.42. The molecule has 2 aliphatic rings. The van der Waals surface area contributed by atoms with Gasteiger partial charge in [-0.25, -0.2) is 13.8 Å². The highest BCUT2D eigenvalue weighted by Gasteiger charge is 2.53. The van der Waals surface area contributed by atoms with Gasteiger partial charge in [-0.1, -0.05) is 30.0 Å². The van der Waals surface area contributed by atoms with Crippen LogP contribution in [0.25, 0.3) is 11.1 Å². The Balaban J connectivity index is 1.49. The van der Waals surface area contributed by atoms with Crippen LogP contribution in [0.15, 0.2) is 59.9 Å². The predicted molar refractivity (Wildman–Crippen MR) is 179 cm³/mol. The molecule has 2 amide bonds. The number of benzene rings is 3. The van der Waals surface area contributed by atoms with Crippen molar-refractivity contribution in [2.75, 3.05) is 45.9 Å². The predicted octanol–water partition coefficient (Wildman–Crippen LogP) is 5.98. The van der Waals surface area contributed by atoms with E-state index in [-0.39, 0.29) is 72.2 Å². The van der Waals surface area contributed by atoms with Crippen molar-refractivity contribution in [3.8, 4) is 34.5 Å². The largest absolute Gasteiger partial charge is 0.509 e. The second-order valence-electron chi connectivity index (χ2n) is 12.2. The number of hydrazine groups is 1. The number of carbonyl (C=O) groups is 2. The van der Waals surface area contributed by atoms with Crippen LogP contribution >= 0.6 is 0 Å². The molecule has 0 unspecified atom stereocenters. The molecule has 1 atom stereocenters. The molecule has 1 fully saturated rings. The zero-order valence-corrected chi connectivity index (χ0v) is 28.5. The molecule has 0 saturated carbocycles. The summed E-state index contributed by atoms with van der Waals surface area (Å²) in [6, 6.07) is 9.60. The third kappa shape index (κ3) is 7.41. The minimum absolute atomic E-state index is 0.0631. The molecular weight excluding hydrogens is 693 g/mol. The van der Waals surface area contributed by atoms with E-state index in [4.69, 9.17) is 19.3 Å². The SMILES string of the molecule is COc1cccc(-c2cc(C(F)(F)F)ccc2NC(=O)C2=C(O)[C@@]3(C)CCCN3N(Cc3ccc(C#CCOCCCO)c(F)c3F)C2=O)c1OC. The number of aliphatic hydroxyl groups excluding tert-OH is 2. The van der Waals surface area contributed by atoms with Crippen molar-refractivity contribution in [3.05, 3.63) is 88.2 Å². The van der Waals surface area contributed by atoms with Crippen LogP contribution in [0.1, 0.15) is 42.9 Å². The molecule has 52 heavy (non-hydrogen) atoms.